The van der Waals surface area contributed by atoms with Crippen molar-refractivity contribution in [1.82, 2.24) is 0 Å². The topological polar surface area (TPSA) is 13.1 Å². The first-order valence-corrected chi connectivity index (χ1v) is 7.80. The Morgan fingerprint density at radius 1 is 0.864 bits per heavy atom. The highest BCUT2D eigenvalue weighted by Gasteiger charge is 2.20. The molecular weight excluding hydrogens is 322 g/mol. The van der Waals surface area contributed by atoms with Crippen LogP contribution in [0, 0.1) is 5.82 Å². The van der Waals surface area contributed by atoms with Gasteiger partial charge in [0.15, 0.2) is 5.76 Å². The van der Waals surface area contributed by atoms with Crippen LogP contribution in [0.5, 0.6) is 0 Å². The fraction of sp³-hybridized carbons (Fsp3) is 0.111. The molecule has 3 aromatic rings. The first-order valence-electron chi connectivity index (χ1n) is 6.89. The molecule has 0 radical (unpaired) electrons. The van der Waals surface area contributed by atoms with Crippen LogP contribution in [0.15, 0.2) is 59.0 Å². The molecule has 0 atom stereocenters. The van der Waals surface area contributed by atoms with Gasteiger partial charge in [0, 0.05) is 22.6 Å². The number of benzene rings is 2. The van der Waals surface area contributed by atoms with Crippen molar-refractivity contribution in [3.8, 4) is 22.6 Å². The molecule has 2 aromatic carbocycles. The minimum atomic E-state index is -0.288. The smallest absolute Gasteiger partial charge is 0.153 e. The van der Waals surface area contributed by atoms with Gasteiger partial charge in [0.2, 0.25) is 0 Å². The molecule has 0 spiro atoms. The zero-order valence-electron chi connectivity index (χ0n) is 11.7. The summed E-state index contributed by atoms with van der Waals surface area (Å²) >= 11 is 12.4. The summed E-state index contributed by atoms with van der Waals surface area (Å²) in [4.78, 5) is 0. The number of alkyl halides is 1. The van der Waals surface area contributed by atoms with Gasteiger partial charge in [-0.2, -0.15) is 0 Å². The van der Waals surface area contributed by atoms with Crippen LogP contribution in [-0.4, -0.2) is 5.88 Å². The normalized spacial score (nSPS) is 10.9. The lowest BCUT2D eigenvalue weighted by Crippen LogP contribution is -1.88. The van der Waals surface area contributed by atoms with Crippen LogP contribution in [0.1, 0.15) is 5.56 Å². The predicted molar refractivity (Wildman–Crippen MR) is 89.0 cm³/mol. The maximum Gasteiger partial charge on any atom is 0.153 e. The van der Waals surface area contributed by atoms with E-state index in [-0.39, 0.29) is 5.82 Å². The van der Waals surface area contributed by atoms with Crippen molar-refractivity contribution >= 4 is 23.2 Å². The third-order valence-corrected chi connectivity index (χ3v) is 4.02. The van der Waals surface area contributed by atoms with Gasteiger partial charge in [0.25, 0.3) is 0 Å². The van der Waals surface area contributed by atoms with E-state index in [2.05, 4.69) is 0 Å². The Hall–Kier alpha value is -1.77. The lowest BCUT2D eigenvalue weighted by molar-refractivity contribution is 0.593. The second kappa shape index (κ2) is 6.55. The summed E-state index contributed by atoms with van der Waals surface area (Å²) < 4.78 is 19.1. The maximum atomic E-state index is 13.1. The molecule has 0 aliphatic heterocycles. The van der Waals surface area contributed by atoms with Crippen molar-refractivity contribution in [3.63, 3.8) is 0 Å². The largest absolute Gasteiger partial charge is 0.454 e. The molecule has 1 aromatic heterocycles. The highest BCUT2D eigenvalue weighted by atomic mass is 35.5. The van der Waals surface area contributed by atoms with E-state index in [4.69, 9.17) is 27.6 Å². The number of hydrogen-bond acceptors (Lipinski definition) is 1. The molecule has 22 heavy (non-hydrogen) atoms. The summed E-state index contributed by atoms with van der Waals surface area (Å²) in [6.45, 7) is 0. The molecule has 0 fully saturated rings. The van der Waals surface area contributed by atoms with Crippen LogP contribution in [0.2, 0.25) is 5.02 Å². The highest BCUT2D eigenvalue weighted by Crippen LogP contribution is 2.40. The average molecular weight is 335 g/mol. The maximum absolute atomic E-state index is 13.1. The Morgan fingerprint density at radius 2 is 1.50 bits per heavy atom. The molecule has 1 nitrogen and oxygen atoms in total. The van der Waals surface area contributed by atoms with E-state index in [0.717, 1.165) is 16.7 Å². The van der Waals surface area contributed by atoms with E-state index in [0.29, 0.717) is 28.8 Å². The summed E-state index contributed by atoms with van der Waals surface area (Å²) in [6, 6.07) is 15.8. The van der Waals surface area contributed by atoms with Crippen LogP contribution in [0.4, 0.5) is 4.39 Å². The second-order valence-electron chi connectivity index (χ2n) is 4.86. The Balaban J connectivity index is 2.15. The van der Waals surface area contributed by atoms with Gasteiger partial charge < -0.3 is 4.42 Å². The van der Waals surface area contributed by atoms with E-state index in [1.165, 1.54) is 12.1 Å². The SMILES string of the molecule is Fc1ccc(-c2oc(-c3ccccc3)c(Cl)c2CCCl)cc1. The van der Waals surface area contributed by atoms with Crippen LogP contribution in [-0.2, 0) is 6.42 Å². The van der Waals surface area contributed by atoms with Crippen LogP contribution >= 0.6 is 23.2 Å². The van der Waals surface area contributed by atoms with E-state index in [1.54, 1.807) is 12.1 Å². The first-order chi connectivity index (χ1) is 10.7. The summed E-state index contributed by atoms with van der Waals surface area (Å²) in [5.74, 6) is 1.40. The Bertz CT molecular complexity index is 764. The lowest BCUT2D eigenvalue weighted by atomic mass is 10.1. The Morgan fingerprint density at radius 3 is 2.14 bits per heavy atom. The van der Waals surface area contributed by atoms with Gasteiger partial charge >= 0.3 is 0 Å². The van der Waals surface area contributed by atoms with Crippen molar-refractivity contribution in [2.45, 2.75) is 6.42 Å². The van der Waals surface area contributed by atoms with Crippen molar-refractivity contribution < 1.29 is 8.81 Å². The number of furan rings is 1. The van der Waals surface area contributed by atoms with Crippen LogP contribution in [0.3, 0.4) is 0 Å². The van der Waals surface area contributed by atoms with Gasteiger partial charge in [-0.3, -0.25) is 0 Å². The quantitative estimate of drug-likeness (QED) is 0.518. The zero-order valence-corrected chi connectivity index (χ0v) is 13.2. The lowest BCUT2D eigenvalue weighted by Gasteiger charge is -2.01. The van der Waals surface area contributed by atoms with E-state index >= 15 is 0 Å². The van der Waals surface area contributed by atoms with Crippen molar-refractivity contribution in [2.24, 2.45) is 0 Å². The van der Waals surface area contributed by atoms with E-state index in [9.17, 15) is 4.39 Å². The Kier molecular flexibility index (Phi) is 4.51. The summed E-state index contributed by atoms with van der Waals surface area (Å²) in [5, 5.41) is 0.561. The molecule has 0 bridgehead atoms. The monoisotopic (exact) mass is 334 g/mol. The first kappa shape index (κ1) is 15.1. The third kappa shape index (κ3) is 2.90. The molecule has 3 rings (SSSR count). The molecule has 0 saturated heterocycles. The molecule has 0 aliphatic rings. The molecule has 0 aliphatic carbocycles. The van der Waals surface area contributed by atoms with Gasteiger partial charge in [-0.1, -0.05) is 41.9 Å². The fourth-order valence-electron chi connectivity index (χ4n) is 2.37. The molecule has 0 saturated carbocycles. The molecule has 1 heterocycles. The van der Waals surface area contributed by atoms with Crippen LogP contribution < -0.4 is 0 Å². The Labute approximate surface area is 138 Å². The number of hydrogen-bond donors (Lipinski definition) is 0. The second-order valence-corrected chi connectivity index (χ2v) is 5.62. The average Bonchev–Trinajstić information content (AvgIpc) is 2.87. The summed E-state index contributed by atoms with van der Waals surface area (Å²) in [7, 11) is 0. The van der Waals surface area contributed by atoms with E-state index < -0.39 is 0 Å². The summed E-state index contributed by atoms with van der Waals surface area (Å²) in [5.41, 5.74) is 2.53. The van der Waals surface area contributed by atoms with E-state index in [1.807, 2.05) is 30.3 Å². The third-order valence-electron chi connectivity index (χ3n) is 3.43. The number of halogens is 3. The van der Waals surface area contributed by atoms with Crippen molar-refractivity contribution in [2.75, 3.05) is 5.88 Å². The minimum absolute atomic E-state index is 0.288. The molecule has 0 unspecified atom stereocenters. The molecule has 0 N–H and O–H groups in total. The molecule has 112 valence electrons. The van der Waals surface area contributed by atoms with Gasteiger partial charge in [0.05, 0.1) is 5.02 Å². The standard InChI is InChI=1S/C18H13Cl2FO/c19-11-10-15-16(20)18(12-4-2-1-3-5-12)22-17(15)13-6-8-14(21)9-7-13/h1-9H,10-11H2. The molecule has 4 heteroatoms. The van der Waals surface area contributed by atoms with Gasteiger partial charge in [0.1, 0.15) is 11.6 Å². The minimum Gasteiger partial charge on any atom is -0.454 e. The zero-order chi connectivity index (χ0) is 15.5. The van der Waals surface area contributed by atoms with Gasteiger partial charge in [-0.25, -0.2) is 4.39 Å². The van der Waals surface area contributed by atoms with Crippen molar-refractivity contribution in [3.05, 3.63) is 71.0 Å². The predicted octanol–water partition coefficient (Wildman–Crippen LogP) is 6.19. The summed E-state index contributed by atoms with van der Waals surface area (Å²) in [6.07, 6.45) is 0.587. The van der Waals surface area contributed by atoms with Crippen LogP contribution in [0.25, 0.3) is 22.6 Å². The van der Waals surface area contributed by atoms with Crippen molar-refractivity contribution in [1.29, 1.82) is 0 Å². The van der Waals surface area contributed by atoms with Gasteiger partial charge in [-0.15, -0.1) is 11.6 Å². The molecular formula is C18H13Cl2FO. The highest BCUT2D eigenvalue weighted by molar-refractivity contribution is 6.34. The fourth-order valence-corrected chi connectivity index (χ4v) is 2.89. The van der Waals surface area contributed by atoms with Gasteiger partial charge in [-0.05, 0) is 30.7 Å². The number of rotatable bonds is 4. The molecule has 0 amide bonds.